The lowest BCUT2D eigenvalue weighted by atomic mass is 9.84. The molecule has 0 aromatic carbocycles. The third-order valence-corrected chi connectivity index (χ3v) is 3.58. The quantitative estimate of drug-likeness (QED) is 0.668. The summed E-state index contributed by atoms with van der Waals surface area (Å²) in [6.07, 6.45) is 6.82. The summed E-state index contributed by atoms with van der Waals surface area (Å²) in [5, 5.41) is 0. The Morgan fingerprint density at radius 2 is 1.73 bits per heavy atom. The molecule has 0 spiro atoms. The molecule has 0 N–H and O–H groups in total. The second kappa shape index (κ2) is 5.61. The first-order chi connectivity index (χ1) is 7.13. The number of likely N-dealkylation sites (N-methyl/N-ethyl adjacent to an activating group) is 1. The summed E-state index contributed by atoms with van der Waals surface area (Å²) in [6, 6.07) is 0. The van der Waals surface area contributed by atoms with E-state index in [4.69, 9.17) is 4.74 Å². The van der Waals surface area contributed by atoms with Crippen molar-refractivity contribution in [1.29, 1.82) is 0 Å². The smallest absolute Gasteiger partial charge is 0.178 e. The highest BCUT2D eigenvalue weighted by Gasteiger charge is 2.39. The normalized spacial score (nSPS) is 21.3. The van der Waals surface area contributed by atoms with Gasteiger partial charge in [0.15, 0.2) is 5.78 Å². The summed E-state index contributed by atoms with van der Waals surface area (Å²) in [5.41, 5.74) is -0.257. The van der Waals surface area contributed by atoms with Crippen molar-refractivity contribution < 1.29 is 9.53 Å². The van der Waals surface area contributed by atoms with Crippen molar-refractivity contribution in [2.24, 2.45) is 0 Å². The molecule has 0 aliphatic heterocycles. The summed E-state index contributed by atoms with van der Waals surface area (Å²) in [6.45, 7) is 0.248. The van der Waals surface area contributed by atoms with Crippen molar-refractivity contribution in [3.05, 3.63) is 0 Å². The number of carbonyl (C=O) groups excluding carboxylic acids is 1. The monoisotopic (exact) mass is 213 g/mol. The lowest BCUT2D eigenvalue weighted by molar-refractivity contribution is -0.134. The number of ketones is 1. The van der Waals surface area contributed by atoms with Crippen LogP contribution >= 0.6 is 0 Å². The van der Waals surface area contributed by atoms with Gasteiger partial charge >= 0.3 is 0 Å². The first-order valence-corrected chi connectivity index (χ1v) is 5.83. The van der Waals surface area contributed by atoms with Crippen molar-refractivity contribution in [1.82, 2.24) is 4.90 Å². The molecule has 0 radical (unpaired) electrons. The van der Waals surface area contributed by atoms with Gasteiger partial charge in [-0.3, -0.25) is 9.69 Å². The first-order valence-electron chi connectivity index (χ1n) is 5.83. The third kappa shape index (κ3) is 2.79. The minimum atomic E-state index is -0.257. The van der Waals surface area contributed by atoms with Crippen molar-refractivity contribution in [2.45, 2.75) is 44.1 Å². The Hall–Kier alpha value is -0.410. The van der Waals surface area contributed by atoms with Crippen molar-refractivity contribution in [3.63, 3.8) is 0 Å². The molecular formula is C12H23NO2. The maximum Gasteiger partial charge on any atom is 0.178 e. The van der Waals surface area contributed by atoms with E-state index in [0.717, 1.165) is 25.7 Å². The van der Waals surface area contributed by atoms with Gasteiger partial charge in [0.2, 0.25) is 0 Å². The van der Waals surface area contributed by atoms with Crippen molar-refractivity contribution >= 4 is 5.78 Å². The van der Waals surface area contributed by atoms with Gasteiger partial charge in [0.05, 0.1) is 5.54 Å². The Kier molecular flexibility index (Phi) is 4.74. The SMILES string of the molecule is COCC(=O)C1(N(C)C)CCCCCC1. The zero-order valence-corrected chi connectivity index (χ0v) is 10.2. The summed E-state index contributed by atoms with van der Waals surface area (Å²) < 4.78 is 5.00. The van der Waals surface area contributed by atoms with Crippen molar-refractivity contribution in [2.75, 3.05) is 27.8 Å². The fourth-order valence-electron chi connectivity index (χ4n) is 2.55. The molecular weight excluding hydrogens is 190 g/mol. The molecule has 0 aromatic rings. The summed E-state index contributed by atoms with van der Waals surface area (Å²) >= 11 is 0. The molecule has 0 heterocycles. The van der Waals surface area contributed by atoms with E-state index in [2.05, 4.69) is 4.90 Å². The van der Waals surface area contributed by atoms with Crippen LogP contribution < -0.4 is 0 Å². The van der Waals surface area contributed by atoms with E-state index in [9.17, 15) is 4.79 Å². The molecule has 1 saturated carbocycles. The third-order valence-electron chi connectivity index (χ3n) is 3.58. The van der Waals surface area contributed by atoms with Crippen LogP contribution in [0.1, 0.15) is 38.5 Å². The van der Waals surface area contributed by atoms with E-state index in [1.807, 2.05) is 14.1 Å². The predicted molar refractivity (Wildman–Crippen MR) is 61.0 cm³/mol. The van der Waals surface area contributed by atoms with Crippen LogP contribution in [0.3, 0.4) is 0 Å². The van der Waals surface area contributed by atoms with Gasteiger partial charge < -0.3 is 4.74 Å². The molecule has 0 saturated heterocycles. The van der Waals surface area contributed by atoms with Gasteiger partial charge in [0, 0.05) is 7.11 Å². The van der Waals surface area contributed by atoms with E-state index in [1.54, 1.807) is 7.11 Å². The molecule has 0 amide bonds. The lowest BCUT2D eigenvalue weighted by Gasteiger charge is -2.37. The highest BCUT2D eigenvalue weighted by atomic mass is 16.5. The summed E-state index contributed by atoms with van der Waals surface area (Å²) in [5.74, 6) is 0.247. The number of carbonyl (C=O) groups is 1. The molecule has 1 rings (SSSR count). The predicted octanol–water partition coefficient (Wildman–Crippen LogP) is 1.86. The molecule has 88 valence electrons. The molecule has 1 fully saturated rings. The maximum atomic E-state index is 12.1. The Labute approximate surface area is 92.8 Å². The minimum absolute atomic E-state index is 0.247. The topological polar surface area (TPSA) is 29.5 Å². The van der Waals surface area contributed by atoms with E-state index in [1.165, 1.54) is 12.8 Å². The van der Waals surface area contributed by atoms with Crippen LogP contribution in [0, 0.1) is 0 Å². The van der Waals surface area contributed by atoms with Gasteiger partial charge in [-0.1, -0.05) is 25.7 Å². The molecule has 0 atom stereocenters. The maximum absolute atomic E-state index is 12.1. The number of methoxy groups -OCH3 is 1. The van der Waals surface area contributed by atoms with E-state index >= 15 is 0 Å². The standard InChI is InChI=1S/C12H23NO2/c1-13(2)12(11(14)10-15-3)8-6-4-5-7-9-12/h4-10H2,1-3H3. The zero-order valence-electron chi connectivity index (χ0n) is 10.2. The fourth-order valence-corrected chi connectivity index (χ4v) is 2.55. The van der Waals surface area contributed by atoms with Gasteiger partial charge in [-0.25, -0.2) is 0 Å². The number of hydrogen-bond donors (Lipinski definition) is 0. The Morgan fingerprint density at radius 3 is 2.13 bits per heavy atom. The second-order valence-electron chi connectivity index (χ2n) is 4.70. The van der Waals surface area contributed by atoms with E-state index < -0.39 is 0 Å². The van der Waals surface area contributed by atoms with Gasteiger partial charge in [0.1, 0.15) is 6.61 Å². The van der Waals surface area contributed by atoms with Gasteiger partial charge in [0.25, 0.3) is 0 Å². The molecule has 15 heavy (non-hydrogen) atoms. The number of rotatable bonds is 4. The van der Waals surface area contributed by atoms with Gasteiger partial charge in [-0.15, -0.1) is 0 Å². The number of hydrogen-bond acceptors (Lipinski definition) is 3. The summed E-state index contributed by atoms with van der Waals surface area (Å²) in [7, 11) is 5.62. The van der Waals surface area contributed by atoms with Crippen LogP contribution in [0.15, 0.2) is 0 Å². The molecule has 1 aliphatic rings. The van der Waals surface area contributed by atoms with E-state index in [0.29, 0.717) is 0 Å². The van der Waals surface area contributed by atoms with Gasteiger partial charge in [-0.2, -0.15) is 0 Å². The van der Waals surface area contributed by atoms with Crippen LogP contribution in [0.5, 0.6) is 0 Å². The number of Topliss-reactive ketones (excluding diaryl/α,β-unsaturated/α-hetero) is 1. The molecule has 0 aromatic heterocycles. The van der Waals surface area contributed by atoms with Crippen LogP contribution in [0.2, 0.25) is 0 Å². The first kappa shape index (κ1) is 12.7. The molecule has 3 heteroatoms. The number of ether oxygens (including phenoxy) is 1. The zero-order chi connectivity index (χ0) is 11.3. The van der Waals surface area contributed by atoms with Crippen molar-refractivity contribution in [3.8, 4) is 0 Å². The number of nitrogens with zero attached hydrogens (tertiary/aromatic N) is 1. The highest BCUT2D eigenvalue weighted by Crippen LogP contribution is 2.31. The minimum Gasteiger partial charge on any atom is -0.377 e. The van der Waals surface area contributed by atoms with E-state index in [-0.39, 0.29) is 17.9 Å². The Balaban J connectivity index is 2.79. The summed E-state index contributed by atoms with van der Waals surface area (Å²) in [4.78, 5) is 14.2. The average Bonchev–Trinajstić information content (AvgIpc) is 2.43. The van der Waals surface area contributed by atoms with Crippen LogP contribution in [-0.4, -0.2) is 44.0 Å². The molecule has 3 nitrogen and oxygen atoms in total. The Bertz CT molecular complexity index is 206. The Morgan fingerprint density at radius 1 is 1.20 bits per heavy atom. The fraction of sp³-hybridized carbons (Fsp3) is 0.917. The van der Waals surface area contributed by atoms with Crippen LogP contribution in [0.4, 0.5) is 0 Å². The van der Waals surface area contributed by atoms with Gasteiger partial charge in [-0.05, 0) is 26.9 Å². The molecule has 1 aliphatic carbocycles. The second-order valence-corrected chi connectivity index (χ2v) is 4.70. The molecule has 0 unspecified atom stereocenters. The van der Waals surface area contributed by atoms with Crippen LogP contribution in [-0.2, 0) is 9.53 Å². The van der Waals surface area contributed by atoms with Crippen LogP contribution in [0.25, 0.3) is 0 Å². The lowest BCUT2D eigenvalue weighted by Crippen LogP contribution is -2.52. The molecule has 0 bridgehead atoms. The average molecular weight is 213 g/mol. The largest absolute Gasteiger partial charge is 0.377 e. The highest BCUT2D eigenvalue weighted by molar-refractivity contribution is 5.89.